The van der Waals surface area contributed by atoms with Crippen LogP contribution in [0.1, 0.15) is 31.7 Å². The third-order valence-electron chi connectivity index (χ3n) is 6.71. The van der Waals surface area contributed by atoms with E-state index in [1.165, 1.54) is 37.3 Å². The summed E-state index contributed by atoms with van der Waals surface area (Å²) < 4.78 is 44.4. The van der Waals surface area contributed by atoms with E-state index in [1.807, 2.05) is 0 Å². The highest BCUT2D eigenvalue weighted by atomic mass is 19.1. The Morgan fingerprint density at radius 3 is 2.47 bits per heavy atom. The number of carbonyl (C=O) groups excluding carboxylic acids is 1. The van der Waals surface area contributed by atoms with Crippen molar-refractivity contribution >= 4 is 22.8 Å². The number of hydrogen-bond acceptors (Lipinski definition) is 5. The molecule has 1 saturated carbocycles. The minimum absolute atomic E-state index is 0.0138. The van der Waals surface area contributed by atoms with Crippen LogP contribution in [0.2, 0.25) is 0 Å². The Kier molecular flexibility index (Phi) is 6.07. The van der Waals surface area contributed by atoms with Gasteiger partial charge in [0, 0.05) is 29.0 Å². The molecule has 0 unspecified atom stereocenters. The van der Waals surface area contributed by atoms with Crippen LogP contribution in [-0.2, 0) is 4.79 Å². The number of para-hydroxylation sites is 1. The van der Waals surface area contributed by atoms with Gasteiger partial charge in [-0.05, 0) is 68.7 Å². The Labute approximate surface area is 204 Å². The van der Waals surface area contributed by atoms with Crippen LogP contribution in [0.3, 0.4) is 0 Å². The molecule has 1 fully saturated rings. The fraction of sp³-hybridized carbons (Fsp3) is 0.259. The van der Waals surface area contributed by atoms with Crippen LogP contribution in [0.15, 0.2) is 53.3 Å². The van der Waals surface area contributed by atoms with Crippen molar-refractivity contribution < 1.29 is 18.0 Å². The third-order valence-corrected chi connectivity index (χ3v) is 6.71. The number of benzene rings is 2. The van der Waals surface area contributed by atoms with E-state index < -0.39 is 28.7 Å². The van der Waals surface area contributed by atoms with Gasteiger partial charge >= 0.3 is 0 Å². The Morgan fingerprint density at radius 1 is 1.03 bits per heavy atom. The van der Waals surface area contributed by atoms with E-state index >= 15 is 0 Å². The lowest BCUT2D eigenvalue weighted by Gasteiger charge is -2.21. The first-order chi connectivity index (χ1) is 17.2. The van der Waals surface area contributed by atoms with E-state index in [-0.39, 0.29) is 29.3 Å². The summed E-state index contributed by atoms with van der Waals surface area (Å²) in [6, 6.07) is 9.99. The smallest absolute Gasteiger partial charge is 0.256 e. The summed E-state index contributed by atoms with van der Waals surface area (Å²) in [5.74, 6) is -2.34. The van der Waals surface area contributed by atoms with Crippen molar-refractivity contribution in [1.29, 1.82) is 0 Å². The molecule has 1 aliphatic carbocycles. The Balaban J connectivity index is 1.80. The molecule has 0 saturated heterocycles. The minimum atomic E-state index is -0.926. The van der Waals surface area contributed by atoms with E-state index in [0.717, 1.165) is 36.0 Å². The highest BCUT2D eigenvalue weighted by Crippen LogP contribution is 2.33. The normalized spacial score (nSPS) is 17.5. The number of hydrogen-bond donors (Lipinski definition) is 1. The molecule has 184 valence electrons. The van der Waals surface area contributed by atoms with Crippen LogP contribution in [0.4, 0.5) is 19.1 Å². The van der Waals surface area contributed by atoms with E-state index in [0.29, 0.717) is 22.2 Å². The zero-order chi connectivity index (χ0) is 25.6. The predicted molar refractivity (Wildman–Crippen MR) is 131 cm³/mol. The number of nitrogens with zero attached hydrogens (tertiary/aromatic N) is 3. The van der Waals surface area contributed by atoms with Gasteiger partial charge in [0.15, 0.2) is 5.65 Å². The standard InChI is InChI=1S/C27H23F3N4O2/c1-14-13-16(28)9-10-17(14)24-19-11-12-23(36)34(25-20(29)6-4-7-21(25)30)26(19)33-27(32-24)31-22-8-3-5-18(22)15(2)35/h4,6-7,9-13,18,22H,3,5,8H2,1-2H3,(H,31,32,33)/t18-,22-/m1/s1. The average molecular weight is 493 g/mol. The molecule has 1 aliphatic rings. The zero-order valence-electron chi connectivity index (χ0n) is 19.7. The third kappa shape index (κ3) is 4.14. The molecule has 0 amide bonds. The quantitative estimate of drug-likeness (QED) is 0.407. The number of aromatic nitrogens is 3. The molecule has 0 radical (unpaired) electrons. The molecule has 4 aromatic rings. The van der Waals surface area contributed by atoms with Crippen molar-refractivity contribution in [1.82, 2.24) is 14.5 Å². The molecular weight excluding hydrogens is 469 g/mol. The maximum atomic E-state index is 14.8. The molecule has 0 spiro atoms. The summed E-state index contributed by atoms with van der Waals surface area (Å²) in [7, 11) is 0. The first-order valence-corrected chi connectivity index (χ1v) is 11.7. The van der Waals surface area contributed by atoms with Gasteiger partial charge in [0.05, 0.1) is 5.69 Å². The highest BCUT2D eigenvalue weighted by Gasteiger charge is 2.31. The maximum Gasteiger partial charge on any atom is 0.256 e. The van der Waals surface area contributed by atoms with Crippen LogP contribution >= 0.6 is 0 Å². The SMILES string of the molecule is CC(=O)[C@H]1CCC[C@H]1Nc1nc(-c2ccc(F)cc2C)c2ccc(=O)n(-c3c(F)cccc3F)c2n1. The molecule has 2 atom stereocenters. The number of halogens is 3. The summed E-state index contributed by atoms with van der Waals surface area (Å²) in [5.41, 5.74) is 0.268. The van der Waals surface area contributed by atoms with Crippen LogP contribution in [0, 0.1) is 30.3 Å². The maximum absolute atomic E-state index is 14.8. The molecule has 0 aliphatic heterocycles. The summed E-state index contributed by atoms with van der Waals surface area (Å²) in [4.78, 5) is 34.3. The molecule has 36 heavy (non-hydrogen) atoms. The van der Waals surface area contributed by atoms with E-state index in [1.54, 1.807) is 13.0 Å². The van der Waals surface area contributed by atoms with Crippen molar-refractivity contribution in [2.24, 2.45) is 5.92 Å². The largest absolute Gasteiger partial charge is 0.351 e. The number of ketones is 1. The number of aryl methyl sites for hydroxylation is 1. The summed E-state index contributed by atoms with van der Waals surface area (Å²) in [6.45, 7) is 3.26. The van der Waals surface area contributed by atoms with Gasteiger partial charge in [-0.3, -0.25) is 14.2 Å². The van der Waals surface area contributed by atoms with Crippen molar-refractivity contribution in [2.75, 3.05) is 5.32 Å². The van der Waals surface area contributed by atoms with Crippen LogP contribution in [0.25, 0.3) is 28.0 Å². The molecule has 1 N–H and O–H groups in total. The van der Waals surface area contributed by atoms with Crippen molar-refractivity contribution in [2.45, 2.75) is 39.2 Å². The van der Waals surface area contributed by atoms with Crippen molar-refractivity contribution in [3.63, 3.8) is 0 Å². The summed E-state index contributed by atoms with van der Waals surface area (Å²) >= 11 is 0. The number of Topliss-reactive ketones (excluding diaryl/α,β-unsaturated/α-hetero) is 1. The van der Waals surface area contributed by atoms with E-state index in [4.69, 9.17) is 0 Å². The topological polar surface area (TPSA) is 76.9 Å². The van der Waals surface area contributed by atoms with Gasteiger partial charge in [-0.25, -0.2) is 18.2 Å². The molecule has 6 nitrogen and oxygen atoms in total. The van der Waals surface area contributed by atoms with Crippen molar-refractivity contribution in [3.05, 3.63) is 81.9 Å². The van der Waals surface area contributed by atoms with Gasteiger partial charge in [-0.1, -0.05) is 12.5 Å². The van der Waals surface area contributed by atoms with Crippen molar-refractivity contribution in [3.8, 4) is 16.9 Å². The second-order valence-electron chi connectivity index (χ2n) is 9.07. The lowest BCUT2D eigenvalue weighted by Crippen LogP contribution is -2.30. The first kappa shape index (κ1) is 23.7. The Bertz CT molecular complexity index is 1550. The number of rotatable bonds is 5. The molecule has 2 aromatic carbocycles. The summed E-state index contributed by atoms with van der Waals surface area (Å²) in [5, 5.41) is 3.57. The molecule has 0 bridgehead atoms. The zero-order valence-corrected chi connectivity index (χ0v) is 19.7. The van der Waals surface area contributed by atoms with Crippen LogP contribution in [-0.4, -0.2) is 26.4 Å². The Morgan fingerprint density at radius 2 is 1.78 bits per heavy atom. The number of nitrogens with one attached hydrogen (secondary N) is 1. The number of fused-ring (bicyclic) bond motifs is 1. The fourth-order valence-corrected chi connectivity index (χ4v) is 4.98. The number of carbonyl (C=O) groups is 1. The molecule has 5 rings (SSSR count). The number of pyridine rings is 1. The monoisotopic (exact) mass is 492 g/mol. The van der Waals surface area contributed by atoms with Crippen LogP contribution in [0.5, 0.6) is 0 Å². The summed E-state index contributed by atoms with van der Waals surface area (Å²) in [6.07, 6.45) is 2.31. The van der Waals surface area contributed by atoms with E-state index in [2.05, 4.69) is 15.3 Å². The molecule has 2 heterocycles. The van der Waals surface area contributed by atoms with E-state index in [9.17, 15) is 22.8 Å². The molecule has 2 aromatic heterocycles. The fourth-order valence-electron chi connectivity index (χ4n) is 4.98. The van der Waals surface area contributed by atoms with Crippen LogP contribution < -0.4 is 10.9 Å². The van der Waals surface area contributed by atoms with Gasteiger partial charge in [0.1, 0.15) is 28.9 Å². The van der Waals surface area contributed by atoms with Gasteiger partial charge in [-0.15, -0.1) is 0 Å². The van der Waals surface area contributed by atoms with Gasteiger partial charge in [0.25, 0.3) is 5.56 Å². The average Bonchev–Trinajstić information content (AvgIpc) is 3.28. The Hall–Kier alpha value is -4.01. The minimum Gasteiger partial charge on any atom is -0.351 e. The second kappa shape index (κ2) is 9.22. The highest BCUT2D eigenvalue weighted by molar-refractivity contribution is 5.93. The van der Waals surface area contributed by atoms with Gasteiger partial charge in [-0.2, -0.15) is 4.98 Å². The molecular formula is C27H23F3N4O2. The second-order valence-corrected chi connectivity index (χ2v) is 9.07. The lowest BCUT2D eigenvalue weighted by atomic mass is 9.99. The lowest BCUT2D eigenvalue weighted by molar-refractivity contribution is -0.120. The predicted octanol–water partition coefficient (Wildman–Crippen LogP) is 5.34. The number of anilines is 1. The van der Waals surface area contributed by atoms with Gasteiger partial charge < -0.3 is 5.32 Å². The first-order valence-electron chi connectivity index (χ1n) is 11.7. The molecule has 9 heteroatoms. The van der Waals surface area contributed by atoms with Gasteiger partial charge in [0.2, 0.25) is 5.95 Å².